The van der Waals surface area contributed by atoms with Crippen LogP contribution in [0.2, 0.25) is 0 Å². The molecule has 118 valence electrons. The highest BCUT2D eigenvalue weighted by molar-refractivity contribution is 9.10. The lowest BCUT2D eigenvalue weighted by atomic mass is 10.3. The van der Waals surface area contributed by atoms with Crippen LogP contribution in [0.3, 0.4) is 0 Å². The van der Waals surface area contributed by atoms with Crippen LogP contribution in [0.1, 0.15) is 11.3 Å². The normalized spacial score (nSPS) is 11.0. The first-order valence-corrected chi connectivity index (χ1v) is 7.60. The molecule has 3 aromatic rings. The molecule has 0 spiro atoms. The van der Waals surface area contributed by atoms with Gasteiger partial charge in [-0.1, -0.05) is 6.07 Å². The predicted molar refractivity (Wildman–Crippen MR) is 85.7 cm³/mol. The molecule has 2 aromatic heterocycles. The van der Waals surface area contributed by atoms with Crippen molar-refractivity contribution in [3.63, 3.8) is 0 Å². The zero-order valence-corrected chi connectivity index (χ0v) is 13.7. The fourth-order valence-corrected chi connectivity index (χ4v) is 2.90. The van der Waals surface area contributed by atoms with E-state index in [9.17, 15) is 13.6 Å². The smallest absolute Gasteiger partial charge is 0.253 e. The summed E-state index contributed by atoms with van der Waals surface area (Å²) in [5.74, 6) is -1.40. The molecule has 4 nitrogen and oxygen atoms in total. The number of benzene rings is 1. The number of pyridine rings is 1. The monoisotopic (exact) mass is 379 g/mol. The quantitative estimate of drug-likeness (QED) is 0.699. The van der Waals surface area contributed by atoms with Gasteiger partial charge in [-0.15, -0.1) is 0 Å². The number of rotatable bonds is 3. The molecule has 0 saturated carbocycles. The first-order valence-electron chi connectivity index (χ1n) is 6.81. The molecule has 0 unspecified atom stereocenters. The Kier molecular flexibility index (Phi) is 4.12. The van der Waals surface area contributed by atoms with E-state index in [0.29, 0.717) is 11.3 Å². The van der Waals surface area contributed by atoms with Crippen molar-refractivity contribution in [2.24, 2.45) is 0 Å². The molecule has 0 aliphatic rings. The summed E-state index contributed by atoms with van der Waals surface area (Å²) in [7, 11) is 0. The molecular weight excluding hydrogens is 368 g/mol. The number of hydrogen-bond donors (Lipinski definition) is 0. The van der Waals surface area contributed by atoms with E-state index in [1.807, 2.05) is 0 Å². The Bertz CT molecular complexity index is 913. The van der Waals surface area contributed by atoms with Crippen molar-refractivity contribution in [3.05, 3.63) is 80.4 Å². The Morgan fingerprint density at radius 1 is 1.22 bits per heavy atom. The SMILES string of the molecule is Cc1cc(Br)cn(Cc2ccn(-c3c(F)cccc3F)n2)c1=O. The number of nitrogens with zero attached hydrogens (tertiary/aromatic N) is 3. The van der Waals surface area contributed by atoms with Gasteiger partial charge < -0.3 is 4.57 Å². The minimum absolute atomic E-state index is 0.139. The molecular formula is C16H12BrF2N3O. The van der Waals surface area contributed by atoms with Crippen LogP contribution >= 0.6 is 15.9 Å². The van der Waals surface area contributed by atoms with E-state index < -0.39 is 11.6 Å². The van der Waals surface area contributed by atoms with Gasteiger partial charge in [-0.2, -0.15) is 5.10 Å². The van der Waals surface area contributed by atoms with E-state index in [1.165, 1.54) is 29.0 Å². The molecule has 0 aliphatic carbocycles. The second-order valence-corrected chi connectivity index (χ2v) is 6.01. The maximum Gasteiger partial charge on any atom is 0.253 e. The molecule has 2 heterocycles. The molecule has 0 bridgehead atoms. The van der Waals surface area contributed by atoms with Crippen LogP contribution in [0, 0.1) is 18.6 Å². The lowest BCUT2D eigenvalue weighted by Crippen LogP contribution is -2.22. The Hall–Kier alpha value is -2.28. The molecule has 0 atom stereocenters. The van der Waals surface area contributed by atoms with Crippen LogP contribution in [-0.4, -0.2) is 14.3 Å². The number of halogens is 3. The van der Waals surface area contributed by atoms with Crippen molar-refractivity contribution >= 4 is 15.9 Å². The minimum Gasteiger partial charge on any atom is -0.308 e. The van der Waals surface area contributed by atoms with Gasteiger partial charge in [-0.25, -0.2) is 13.5 Å². The molecule has 0 saturated heterocycles. The summed E-state index contributed by atoms with van der Waals surface area (Å²) in [5, 5.41) is 4.16. The van der Waals surface area contributed by atoms with Crippen molar-refractivity contribution < 1.29 is 8.78 Å². The van der Waals surface area contributed by atoms with Gasteiger partial charge in [-0.3, -0.25) is 4.79 Å². The van der Waals surface area contributed by atoms with Gasteiger partial charge in [0.15, 0.2) is 11.6 Å². The number of aryl methyl sites for hydroxylation is 1. The average molecular weight is 380 g/mol. The van der Waals surface area contributed by atoms with Crippen LogP contribution < -0.4 is 5.56 Å². The summed E-state index contributed by atoms with van der Waals surface area (Å²) < 4.78 is 31.0. The third-order valence-electron chi connectivity index (χ3n) is 3.38. The zero-order chi connectivity index (χ0) is 16.6. The van der Waals surface area contributed by atoms with Gasteiger partial charge in [0.2, 0.25) is 0 Å². The standard InChI is InChI=1S/C16H12BrF2N3O/c1-10-7-11(17)8-21(16(10)23)9-12-5-6-22(20-12)15-13(18)3-2-4-14(15)19/h2-8H,9H2,1H3. The topological polar surface area (TPSA) is 39.8 Å². The molecule has 0 N–H and O–H groups in total. The third kappa shape index (κ3) is 3.10. The van der Waals surface area contributed by atoms with Crippen LogP contribution in [-0.2, 0) is 6.54 Å². The number of para-hydroxylation sites is 1. The fourth-order valence-electron chi connectivity index (χ4n) is 2.31. The number of aromatic nitrogens is 3. The highest BCUT2D eigenvalue weighted by atomic mass is 79.9. The highest BCUT2D eigenvalue weighted by Gasteiger charge is 2.12. The van der Waals surface area contributed by atoms with Crippen LogP contribution in [0.25, 0.3) is 5.69 Å². The maximum absolute atomic E-state index is 13.8. The fraction of sp³-hybridized carbons (Fsp3) is 0.125. The Balaban J connectivity index is 1.96. The largest absolute Gasteiger partial charge is 0.308 e. The summed E-state index contributed by atoms with van der Waals surface area (Å²) in [4.78, 5) is 12.1. The molecule has 1 aromatic carbocycles. The van der Waals surface area contributed by atoms with Crippen molar-refractivity contribution in [2.75, 3.05) is 0 Å². The summed E-state index contributed by atoms with van der Waals surface area (Å²) in [6.45, 7) is 1.93. The summed E-state index contributed by atoms with van der Waals surface area (Å²) in [5.41, 5.74) is 0.738. The van der Waals surface area contributed by atoms with Crippen LogP contribution in [0.15, 0.2) is 52.0 Å². The molecule has 7 heteroatoms. The maximum atomic E-state index is 13.8. The highest BCUT2D eigenvalue weighted by Crippen LogP contribution is 2.17. The average Bonchev–Trinajstić information content (AvgIpc) is 2.92. The van der Waals surface area contributed by atoms with Crippen LogP contribution in [0.5, 0.6) is 0 Å². The van der Waals surface area contributed by atoms with E-state index >= 15 is 0 Å². The van der Waals surface area contributed by atoms with Crippen molar-refractivity contribution in [1.29, 1.82) is 0 Å². The second kappa shape index (κ2) is 6.08. The van der Waals surface area contributed by atoms with E-state index in [4.69, 9.17) is 0 Å². The molecule has 3 rings (SSSR count). The van der Waals surface area contributed by atoms with Gasteiger partial charge in [-0.05, 0) is 47.1 Å². The summed E-state index contributed by atoms with van der Waals surface area (Å²) in [6.07, 6.45) is 3.12. The van der Waals surface area contributed by atoms with Crippen molar-refractivity contribution in [2.45, 2.75) is 13.5 Å². The van der Waals surface area contributed by atoms with Crippen molar-refractivity contribution in [3.8, 4) is 5.69 Å². The zero-order valence-electron chi connectivity index (χ0n) is 12.1. The summed E-state index contributed by atoms with van der Waals surface area (Å²) >= 11 is 3.34. The van der Waals surface area contributed by atoms with E-state index in [-0.39, 0.29) is 17.8 Å². The Morgan fingerprint density at radius 2 is 1.91 bits per heavy atom. The first-order chi connectivity index (χ1) is 11.0. The second-order valence-electron chi connectivity index (χ2n) is 5.10. The van der Waals surface area contributed by atoms with Gasteiger partial charge in [0.1, 0.15) is 5.69 Å². The van der Waals surface area contributed by atoms with Gasteiger partial charge >= 0.3 is 0 Å². The molecule has 0 radical (unpaired) electrons. The Labute approximate surface area is 139 Å². The molecule has 0 amide bonds. The van der Waals surface area contributed by atoms with Crippen LogP contribution in [0.4, 0.5) is 8.78 Å². The summed E-state index contributed by atoms with van der Waals surface area (Å²) in [6, 6.07) is 6.98. The lowest BCUT2D eigenvalue weighted by molar-refractivity contribution is 0.558. The molecule has 0 fully saturated rings. The molecule has 23 heavy (non-hydrogen) atoms. The van der Waals surface area contributed by atoms with E-state index in [2.05, 4.69) is 21.0 Å². The van der Waals surface area contributed by atoms with E-state index in [0.717, 1.165) is 9.15 Å². The lowest BCUT2D eigenvalue weighted by Gasteiger charge is -2.06. The molecule has 0 aliphatic heterocycles. The van der Waals surface area contributed by atoms with Gasteiger partial charge in [0.25, 0.3) is 5.56 Å². The predicted octanol–water partition coefficient (Wildman–Crippen LogP) is 3.43. The minimum atomic E-state index is -0.699. The number of hydrogen-bond acceptors (Lipinski definition) is 2. The van der Waals surface area contributed by atoms with Gasteiger partial charge in [0, 0.05) is 22.4 Å². The first kappa shape index (κ1) is 15.6. The Morgan fingerprint density at radius 3 is 2.61 bits per heavy atom. The van der Waals surface area contributed by atoms with Gasteiger partial charge in [0.05, 0.1) is 12.2 Å². The third-order valence-corrected chi connectivity index (χ3v) is 3.81. The van der Waals surface area contributed by atoms with E-state index in [1.54, 1.807) is 25.3 Å². The van der Waals surface area contributed by atoms with Crippen molar-refractivity contribution in [1.82, 2.24) is 14.3 Å².